The van der Waals surface area contributed by atoms with E-state index in [0.29, 0.717) is 34.0 Å². The van der Waals surface area contributed by atoms with Gasteiger partial charge in [-0.1, -0.05) is 182 Å². The maximum atomic E-state index is 12.9. The highest BCUT2D eigenvalue weighted by Gasteiger charge is 2.36. The second-order valence-corrected chi connectivity index (χ2v) is 22.8. The van der Waals surface area contributed by atoms with E-state index < -0.39 is 0 Å². The van der Waals surface area contributed by atoms with Crippen LogP contribution in [0.5, 0.6) is 0 Å². The predicted octanol–water partition coefficient (Wildman–Crippen LogP) is 21.6. The molecule has 13 aromatic carbocycles. The van der Waals surface area contributed by atoms with Crippen LogP contribution in [-0.2, 0) is 0 Å². The van der Waals surface area contributed by atoms with Crippen LogP contribution in [0.15, 0.2) is 276 Å². The Morgan fingerprint density at radius 1 is 0.295 bits per heavy atom. The van der Waals surface area contributed by atoms with Crippen molar-refractivity contribution < 1.29 is 8.83 Å². The zero-order chi connectivity index (χ0) is 57.9. The minimum Gasteiger partial charge on any atom is -0.455 e. The predicted molar refractivity (Wildman–Crippen MR) is 360 cm³/mol. The van der Waals surface area contributed by atoms with E-state index >= 15 is 0 Å². The first-order valence-corrected chi connectivity index (χ1v) is 29.5. The van der Waals surface area contributed by atoms with E-state index in [1.165, 1.54) is 0 Å². The first-order valence-electron chi connectivity index (χ1n) is 29.5. The molecule has 88 heavy (non-hydrogen) atoms. The number of aromatic nitrogens is 4. The molecule has 6 aromatic heterocycles. The standard InChI is InChI=1S/C80H44N6O2/c1-82-74-75(85-64-32-16-10-28-57(64)72-68(85)42-38-55-53-26-12-18-34-70(53)87-79(55)72)61(46-81)76(83-62-30-14-8-24-51(62)59-44-49(36-40-66(59)83)47-20-4-2-5-21-47)78(77(74)84-63-31-15-9-25-52(63)60-45-50(37-41-67(60)84)48-22-6-3-7-23-48)86-65-33-17-11-29-58(65)73-69(86)43-39-56-54-27-13-19-35-71(54)88-80(56)73/h2-45H. The summed E-state index contributed by atoms with van der Waals surface area (Å²) < 4.78 is 23.0. The van der Waals surface area contributed by atoms with E-state index in [2.05, 4.69) is 243 Å². The smallest absolute Gasteiger partial charge is 0.237 e. The molecule has 0 amide bonds. The van der Waals surface area contributed by atoms with Crippen LogP contribution in [0.4, 0.5) is 5.69 Å². The molecule has 0 aliphatic carbocycles. The Balaban J connectivity index is 1.08. The van der Waals surface area contributed by atoms with Crippen molar-refractivity contribution in [3.63, 3.8) is 0 Å². The highest BCUT2D eigenvalue weighted by molar-refractivity contribution is 6.27. The largest absolute Gasteiger partial charge is 0.455 e. The zero-order valence-electron chi connectivity index (χ0n) is 46.9. The van der Waals surface area contributed by atoms with E-state index in [1.54, 1.807) is 0 Å². The van der Waals surface area contributed by atoms with Gasteiger partial charge in [0.15, 0.2) is 0 Å². The highest BCUT2D eigenvalue weighted by atomic mass is 16.3. The SMILES string of the molecule is [C-]#[N+]c1c(-n2c3ccccc3c3cc(-c4ccccc4)ccc32)c(-n2c3ccccc3c3c4oc5ccccc5c4ccc32)c(-n2c3ccccc3c3cc(-c4ccccc4)ccc32)c(C#N)c1-n1c2ccccc2c2c3oc4ccccc4c3ccc21. The maximum Gasteiger partial charge on any atom is 0.237 e. The van der Waals surface area contributed by atoms with Gasteiger partial charge in [0.2, 0.25) is 5.69 Å². The molecule has 406 valence electrons. The average molecular weight is 1120 g/mol. The number of hydrogen-bond donors (Lipinski definition) is 0. The lowest BCUT2D eigenvalue weighted by molar-refractivity contribution is 0.672. The van der Waals surface area contributed by atoms with Gasteiger partial charge < -0.3 is 27.1 Å². The molecule has 0 bridgehead atoms. The summed E-state index contributed by atoms with van der Waals surface area (Å²) in [6, 6.07) is 96.2. The van der Waals surface area contributed by atoms with E-state index in [1.807, 2.05) is 48.5 Å². The normalized spacial score (nSPS) is 12.1. The molecule has 8 heteroatoms. The Bertz CT molecular complexity index is 6130. The lowest BCUT2D eigenvalue weighted by Gasteiger charge is -2.27. The minimum absolute atomic E-state index is 0.292. The molecule has 19 rings (SSSR count). The van der Waals surface area contributed by atoms with Gasteiger partial charge >= 0.3 is 0 Å². The highest BCUT2D eigenvalue weighted by Crippen LogP contribution is 2.54. The van der Waals surface area contributed by atoms with Gasteiger partial charge in [-0.15, -0.1) is 0 Å². The third kappa shape index (κ3) is 6.44. The third-order valence-electron chi connectivity index (χ3n) is 18.4. The van der Waals surface area contributed by atoms with E-state index in [-0.39, 0.29) is 0 Å². The van der Waals surface area contributed by atoms with Crippen molar-refractivity contribution >= 4 is 137 Å². The molecular formula is C80H44N6O2. The van der Waals surface area contributed by atoms with Gasteiger partial charge in [0.1, 0.15) is 28.4 Å². The Labute approximate surface area is 501 Å². The molecule has 19 aromatic rings. The average Bonchev–Trinajstić information content (AvgIpc) is 1.48. The Morgan fingerprint density at radius 3 is 1.12 bits per heavy atom. The summed E-state index contributed by atoms with van der Waals surface area (Å²) in [5.74, 6) is 0. The van der Waals surface area contributed by atoms with Gasteiger partial charge in [-0.2, -0.15) is 5.26 Å². The second-order valence-electron chi connectivity index (χ2n) is 22.8. The number of para-hydroxylation sites is 6. The number of nitrogens with zero attached hydrogens (tertiary/aromatic N) is 6. The minimum atomic E-state index is 0.292. The Hall–Kier alpha value is -12.4. The molecule has 0 fully saturated rings. The number of fused-ring (bicyclic) bond motifs is 20. The van der Waals surface area contributed by atoms with Crippen molar-refractivity contribution in [3.05, 3.63) is 284 Å². The monoisotopic (exact) mass is 1120 g/mol. The molecule has 0 saturated carbocycles. The van der Waals surface area contributed by atoms with Gasteiger partial charge in [0.25, 0.3) is 0 Å². The van der Waals surface area contributed by atoms with Crippen molar-refractivity contribution in [2.45, 2.75) is 0 Å². The van der Waals surface area contributed by atoms with Crippen LogP contribution in [-0.4, -0.2) is 18.3 Å². The summed E-state index contributed by atoms with van der Waals surface area (Å²) in [5.41, 5.74) is 17.3. The summed E-state index contributed by atoms with van der Waals surface area (Å²) >= 11 is 0. The van der Waals surface area contributed by atoms with Gasteiger partial charge in [0.05, 0.1) is 89.8 Å². The van der Waals surface area contributed by atoms with Crippen molar-refractivity contribution in [2.75, 3.05) is 0 Å². The molecule has 8 nitrogen and oxygen atoms in total. The van der Waals surface area contributed by atoms with Crippen LogP contribution in [0.25, 0.3) is 181 Å². The van der Waals surface area contributed by atoms with Crippen molar-refractivity contribution in [1.29, 1.82) is 5.26 Å². The Kier molecular flexibility index (Phi) is 9.87. The first kappa shape index (κ1) is 48.1. The number of benzene rings is 13. The van der Waals surface area contributed by atoms with Gasteiger partial charge in [-0.3, -0.25) is 0 Å². The van der Waals surface area contributed by atoms with Crippen LogP contribution < -0.4 is 0 Å². The summed E-state index contributed by atoms with van der Waals surface area (Å²) in [6.45, 7) is 10.1. The molecule has 0 saturated heterocycles. The lowest BCUT2D eigenvalue weighted by atomic mass is 10.0. The molecule has 0 aliphatic heterocycles. The summed E-state index contributed by atoms with van der Waals surface area (Å²) in [5, 5.41) is 24.7. The van der Waals surface area contributed by atoms with Crippen molar-refractivity contribution in [1.82, 2.24) is 18.3 Å². The summed E-state index contributed by atoms with van der Waals surface area (Å²) in [7, 11) is 0. The van der Waals surface area contributed by atoms with Gasteiger partial charge in [-0.25, -0.2) is 4.85 Å². The quantitative estimate of drug-likeness (QED) is 0.156. The number of nitriles is 1. The molecule has 0 radical (unpaired) electrons. The molecular weight excluding hydrogens is 1080 g/mol. The molecule has 0 unspecified atom stereocenters. The fourth-order valence-corrected chi connectivity index (χ4v) is 14.8. The Morgan fingerprint density at radius 2 is 0.659 bits per heavy atom. The van der Waals surface area contributed by atoms with Crippen LogP contribution in [0.1, 0.15) is 5.56 Å². The molecule has 0 spiro atoms. The third-order valence-corrected chi connectivity index (χ3v) is 18.4. The van der Waals surface area contributed by atoms with Crippen LogP contribution in [0, 0.1) is 17.9 Å². The number of rotatable bonds is 6. The van der Waals surface area contributed by atoms with Crippen LogP contribution in [0.2, 0.25) is 0 Å². The maximum absolute atomic E-state index is 12.9. The summed E-state index contributed by atoms with van der Waals surface area (Å²) in [6.07, 6.45) is 0. The van der Waals surface area contributed by atoms with Crippen LogP contribution in [0.3, 0.4) is 0 Å². The van der Waals surface area contributed by atoms with Gasteiger partial charge in [0, 0.05) is 53.9 Å². The van der Waals surface area contributed by atoms with E-state index in [4.69, 9.17) is 13.7 Å². The number of furan rings is 2. The fraction of sp³-hybridized carbons (Fsp3) is 0. The van der Waals surface area contributed by atoms with Gasteiger partial charge in [-0.05, 0) is 107 Å². The zero-order valence-corrected chi connectivity index (χ0v) is 46.9. The van der Waals surface area contributed by atoms with E-state index in [9.17, 15) is 11.8 Å². The topological polar surface area (TPSA) is 74.2 Å². The molecule has 0 N–H and O–H groups in total. The first-order chi connectivity index (χ1) is 43.6. The fourth-order valence-electron chi connectivity index (χ4n) is 14.8. The van der Waals surface area contributed by atoms with E-state index in [0.717, 1.165) is 153 Å². The second kappa shape index (κ2) is 18.1. The number of hydrogen-bond acceptors (Lipinski definition) is 3. The molecule has 6 heterocycles. The summed E-state index contributed by atoms with van der Waals surface area (Å²) in [4.78, 5) is 4.87. The molecule has 0 aliphatic rings. The van der Waals surface area contributed by atoms with Crippen molar-refractivity contribution in [2.24, 2.45) is 0 Å². The molecule has 0 atom stereocenters. The van der Waals surface area contributed by atoms with Crippen LogP contribution >= 0.6 is 0 Å². The lowest BCUT2D eigenvalue weighted by Crippen LogP contribution is -2.14. The van der Waals surface area contributed by atoms with Crippen molar-refractivity contribution in [3.8, 4) is 51.1 Å².